The Morgan fingerprint density at radius 1 is 1.38 bits per heavy atom. The van der Waals surface area contributed by atoms with Gasteiger partial charge >= 0.3 is 0 Å². The number of hydrogen-bond acceptors (Lipinski definition) is 6. The van der Waals surface area contributed by atoms with Crippen LogP contribution in [-0.2, 0) is 13.0 Å². The van der Waals surface area contributed by atoms with E-state index in [2.05, 4.69) is 31.5 Å². The van der Waals surface area contributed by atoms with Crippen molar-refractivity contribution in [2.45, 2.75) is 44.8 Å². The molecular weight excluding hydrogens is 322 g/mol. The van der Waals surface area contributed by atoms with E-state index in [9.17, 15) is 0 Å². The molecule has 1 aliphatic heterocycles. The zero-order chi connectivity index (χ0) is 16.1. The van der Waals surface area contributed by atoms with Gasteiger partial charge in [-0.15, -0.1) is 11.3 Å². The summed E-state index contributed by atoms with van der Waals surface area (Å²) < 4.78 is 7.91. The summed E-state index contributed by atoms with van der Waals surface area (Å²) in [7, 11) is 0. The van der Waals surface area contributed by atoms with Crippen LogP contribution in [0, 0.1) is 0 Å². The van der Waals surface area contributed by atoms with Gasteiger partial charge in [0.1, 0.15) is 0 Å². The number of imidazole rings is 1. The summed E-state index contributed by atoms with van der Waals surface area (Å²) in [5, 5.41) is 6.16. The Hall–Kier alpha value is -1.99. The first kappa shape index (κ1) is 14.4. The standard InChI is InChI=1S/C17H19N5OS/c1-11(17-19-16(20-23-17)15-3-2-8-24-15)21-7-6-14-13(9-21)18-10-22(14)12-4-5-12/h2-3,8,10-12H,4-7,9H2,1H3/t11-/m1/s1. The minimum atomic E-state index is 0.102. The van der Waals surface area contributed by atoms with Crippen molar-refractivity contribution in [3.05, 3.63) is 41.1 Å². The summed E-state index contributed by atoms with van der Waals surface area (Å²) in [5.41, 5.74) is 2.63. The summed E-state index contributed by atoms with van der Waals surface area (Å²) in [6, 6.07) is 4.82. The Bertz CT molecular complexity index is 848. The highest BCUT2D eigenvalue weighted by Crippen LogP contribution is 2.38. The van der Waals surface area contributed by atoms with Crippen LogP contribution >= 0.6 is 11.3 Å². The lowest BCUT2D eigenvalue weighted by Crippen LogP contribution is -2.33. The van der Waals surface area contributed by atoms with Crippen LogP contribution in [0.2, 0.25) is 0 Å². The minimum absolute atomic E-state index is 0.102. The SMILES string of the molecule is C[C@H](c1nc(-c2cccs2)no1)N1CCc2c(ncn2C2CC2)C1. The van der Waals surface area contributed by atoms with Crippen molar-refractivity contribution in [1.82, 2.24) is 24.6 Å². The van der Waals surface area contributed by atoms with Gasteiger partial charge in [0.25, 0.3) is 0 Å². The maximum atomic E-state index is 5.52. The second-order valence-corrected chi connectivity index (χ2v) is 7.55. The lowest BCUT2D eigenvalue weighted by atomic mass is 10.1. The Balaban J connectivity index is 1.35. The number of rotatable bonds is 4. The predicted octanol–water partition coefficient (Wildman–Crippen LogP) is 3.45. The summed E-state index contributed by atoms with van der Waals surface area (Å²) >= 11 is 1.63. The quantitative estimate of drug-likeness (QED) is 0.727. The van der Waals surface area contributed by atoms with Gasteiger partial charge in [0.15, 0.2) is 0 Å². The molecule has 24 heavy (non-hydrogen) atoms. The fourth-order valence-electron chi connectivity index (χ4n) is 3.42. The van der Waals surface area contributed by atoms with Gasteiger partial charge in [-0.3, -0.25) is 4.90 Å². The molecule has 1 saturated carbocycles. The van der Waals surface area contributed by atoms with E-state index < -0.39 is 0 Å². The van der Waals surface area contributed by atoms with E-state index in [1.165, 1.54) is 24.2 Å². The van der Waals surface area contributed by atoms with Crippen LogP contribution in [0.15, 0.2) is 28.4 Å². The Morgan fingerprint density at radius 2 is 2.29 bits per heavy atom. The van der Waals surface area contributed by atoms with Gasteiger partial charge in [-0.2, -0.15) is 4.98 Å². The first-order valence-corrected chi connectivity index (χ1v) is 9.33. The molecule has 0 amide bonds. The number of aromatic nitrogens is 4. The molecule has 6 nitrogen and oxygen atoms in total. The van der Waals surface area contributed by atoms with Crippen LogP contribution < -0.4 is 0 Å². The summed E-state index contributed by atoms with van der Waals surface area (Å²) in [4.78, 5) is 12.7. The zero-order valence-electron chi connectivity index (χ0n) is 13.6. The van der Waals surface area contributed by atoms with Crippen molar-refractivity contribution in [2.75, 3.05) is 6.54 Å². The highest BCUT2D eigenvalue weighted by Gasteiger charge is 2.32. The molecule has 3 aromatic heterocycles. The molecule has 5 rings (SSSR count). The second kappa shape index (κ2) is 5.53. The van der Waals surface area contributed by atoms with Crippen molar-refractivity contribution in [2.24, 2.45) is 0 Å². The molecular formula is C17H19N5OS. The third-order valence-corrected chi connectivity index (χ3v) is 5.87. The number of thiophene rings is 1. The second-order valence-electron chi connectivity index (χ2n) is 6.61. The van der Waals surface area contributed by atoms with Crippen molar-refractivity contribution in [3.8, 4) is 10.7 Å². The molecule has 1 aliphatic carbocycles. The summed E-state index contributed by atoms with van der Waals surface area (Å²) in [6.45, 7) is 3.99. The van der Waals surface area contributed by atoms with Crippen molar-refractivity contribution in [1.29, 1.82) is 0 Å². The maximum Gasteiger partial charge on any atom is 0.244 e. The van der Waals surface area contributed by atoms with Crippen LogP contribution in [-0.4, -0.2) is 31.1 Å². The molecule has 0 N–H and O–H groups in total. The van der Waals surface area contributed by atoms with Crippen LogP contribution in [0.25, 0.3) is 10.7 Å². The number of fused-ring (bicyclic) bond motifs is 1. The predicted molar refractivity (Wildman–Crippen MR) is 90.6 cm³/mol. The van der Waals surface area contributed by atoms with E-state index in [1.807, 2.05) is 23.8 Å². The first-order valence-electron chi connectivity index (χ1n) is 8.45. The Kier molecular flexibility index (Phi) is 3.31. The molecule has 1 fully saturated rings. The molecule has 0 radical (unpaired) electrons. The molecule has 0 bridgehead atoms. The van der Waals surface area contributed by atoms with Gasteiger partial charge in [-0.1, -0.05) is 11.2 Å². The molecule has 124 valence electrons. The van der Waals surface area contributed by atoms with Gasteiger partial charge in [-0.05, 0) is 31.2 Å². The molecule has 0 unspecified atom stereocenters. The topological polar surface area (TPSA) is 60.0 Å². The van der Waals surface area contributed by atoms with Gasteiger partial charge in [0, 0.05) is 31.2 Å². The molecule has 0 saturated heterocycles. The Morgan fingerprint density at radius 3 is 3.08 bits per heavy atom. The molecule has 7 heteroatoms. The number of nitrogens with zero attached hydrogens (tertiary/aromatic N) is 5. The molecule has 2 aliphatic rings. The van der Waals surface area contributed by atoms with E-state index in [0.29, 0.717) is 17.8 Å². The minimum Gasteiger partial charge on any atom is -0.337 e. The monoisotopic (exact) mass is 341 g/mol. The fourth-order valence-corrected chi connectivity index (χ4v) is 4.07. The van der Waals surface area contributed by atoms with Gasteiger partial charge in [-0.25, -0.2) is 4.98 Å². The summed E-state index contributed by atoms with van der Waals surface area (Å²) in [6.07, 6.45) is 5.67. The van der Waals surface area contributed by atoms with E-state index >= 15 is 0 Å². The molecule has 1 atom stereocenters. The molecule has 3 aromatic rings. The average Bonchev–Trinajstić information content (AvgIpc) is 3.06. The van der Waals surface area contributed by atoms with Gasteiger partial charge in [0.05, 0.1) is 22.9 Å². The van der Waals surface area contributed by atoms with E-state index in [4.69, 9.17) is 4.52 Å². The Labute approximate surface area is 144 Å². The number of hydrogen-bond donors (Lipinski definition) is 0. The van der Waals surface area contributed by atoms with Crippen LogP contribution in [0.4, 0.5) is 0 Å². The smallest absolute Gasteiger partial charge is 0.244 e. The van der Waals surface area contributed by atoms with E-state index in [1.54, 1.807) is 11.3 Å². The van der Waals surface area contributed by atoms with Crippen LogP contribution in [0.1, 0.15) is 49.1 Å². The van der Waals surface area contributed by atoms with E-state index in [-0.39, 0.29) is 6.04 Å². The largest absolute Gasteiger partial charge is 0.337 e. The molecule has 4 heterocycles. The van der Waals surface area contributed by atoms with E-state index in [0.717, 1.165) is 24.4 Å². The first-order chi connectivity index (χ1) is 11.8. The fraction of sp³-hybridized carbons (Fsp3) is 0.471. The third kappa shape index (κ3) is 2.39. The van der Waals surface area contributed by atoms with Crippen molar-refractivity contribution < 1.29 is 4.52 Å². The lowest BCUT2D eigenvalue weighted by molar-refractivity contribution is 0.154. The van der Waals surface area contributed by atoms with Gasteiger partial charge in [0.2, 0.25) is 11.7 Å². The highest BCUT2D eigenvalue weighted by atomic mass is 32.1. The molecule has 0 spiro atoms. The molecule has 0 aromatic carbocycles. The van der Waals surface area contributed by atoms with Gasteiger partial charge < -0.3 is 9.09 Å². The normalized spacial score (nSPS) is 19.4. The average molecular weight is 341 g/mol. The summed E-state index contributed by atoms with van der Waals surface area (Å²) in [5.74, 6) is 1.37. The van der Waals surface area contributed by atoms with Crippen LogP contribution in [0.5, 0.6) is 0 Å². The van der Waals surface area contributed by atoms with Crippen LogP contribution in [0.3, 0.4) is 0 Å². The van der Waals surface area contributed by atoms with Crippen molar-refractivity contribution in [3.63, 3.8) is 0 Å². The highest BCUT2D eigenvalue weighted by molar-refractivity contribution is 7.13. The maximum absolute atomic E-state index is 5.52. The van der Waals surface area contributed by atoms with Crippen molar-refractivity contribution >= 4 is 11.3 Å². The zero-order valence-corrected chi connectivity index (χ0v) is 14.4. The lowest BCUT2D eigenvalue weighted by Gasteiger charge is -2.30. The third-order valence-electron chi connectivity index (χ3n) is 5.00.